The monoisotopic (exact) mass is 417 g/mol. The zero-order chi connectivity index (χ0) is 22.0. The van der Waals surface area contributed by atoms with Crippen LogP contribution in [0.15, 0.2) is 60.9 Å². The van der Waals surface area contributed by atoms with Crippen molar-refractivity contribution in [1.29, 1.82) is 0 Å². The Balaban J connectivity index is 1.43. The molecule has 4 rings (SSSR count). The van der Waals surface area contributed by atoms with Crippen molar-refractivity contribution in [3.8, 4) is 5.69 Å². The van der Waals surface area contributed by atoms with E-state index in [9.17, 15) is 9.18 Å². The highest BCUT2D eigenvalue weighted by Gasteiger charge is 2.16. The molecule has 6 nitrogen and oxygen atoms in total. The summed E-state index contributed by atoms with van der Waals surface area (Å²) in [7, 11) is 0. The van der Waals surface area contributed by atoms with Gasteiger partial charge in [0.05, 0.1) is 17.8 Å². The summed E-state index contributed by atoms with van der Waals surface area (Å²) in [5.74, 6) is 0.559. The standard InChI is InChI=1S/C24H24FN5O/c1-16-23(17(2)30(28-16)22-10-6-20(25)7-11-22)14-24(31)27-21-8-4-19(5-9-21)15-29-13-12-26-18(29)3/h4-13H,14-15H2,1-3H3,(H,27,31). The van der Waals surface area contributed by atoms with E-state index < -0.39 is 0 Å². The Hall–Kier alpha value is -3.74. The van der Waals surface area contributed by atoms with Crippen LogP contribution in [-0.4, -0.2) is 25.2 Å². The number of nitrogens with zero attached hydrogens (tertiary/aromatic N) is 4. The highest BCUT2D eigenvalue weighted by atomic mass is 19.1. The minimum absolute atomic E-state index is 0.108. The molecule has 158 valence electrons. The number of carbonyl (C=O) groups excluding carboxylic acids is 1. The summed E-state index contributed by atoms with van der Waals surface area (Å²) < 4.78 is 17.0. The molecule has 0 saturated heterocycles. The number of nitrogens with one attached hydrogen (secondary N) is 1. The van der Waals surface area contributed by atoms with Gasteiger partial charge in [0.25, 0.3) is 0 Å². The predicted octanol–water partition coefficient (Wildman–Crippen LogP) is 4.36. The number of hydrogen-bond acceptors (Lipinski definition) is 3. The second-order valence-electron chi connectivity index (χ2n) is 7.56. The van der Waals surface area contributed by atoms with E-state index in [0.29, 0.717) is 0 Å². The van der Waals surface area contributed by atoms with Crippen molar-refractivity contribution in [2.75, 3.05) is 5.32 Å². The van der Waals surface area contributed by atoms with Crippen LogP contribution in [0.5, 0.6) is 0 Å². The molecule has 0 saturated carbocycles. The van der Waals surface area contributed by atoms with Crippen molar-refractivity contribution in [3.63, 3.8) is 0 Å². The normalized spacial score (nSPS) is 11.0. The first-order chi connectivity index (χ1) is 14.9. The second kappa shape index (κ2) is 8.55. The van der Waals surface area contributed by atoms with Gasteiger partial charge in [0.15, 0.2) is 0 Å². The molecule has 4 aromatic rings. The molecule has 0 unspecified atom stereocenters. The molecule has 31 heavy (non-hydrogen) atoms. The van der Waals surface area contributed by atoms with Crippen molar-refractivity contribution in [3.05, 3.63) is 95.1 Å². The number of amides is 1. The first-order valence-corrected chi connectivity index (χ1v) is 10.1. The number of anilines is 1. The molecule has 0 bridgehead atoms. The number of benzene rings is 2. The highest BCUT2D eigenvalue weighted by molar-refractivity contribution is 5.92. The predicted molar refractivity (Wildman–Crippen MR) is 118 cm³/mol. The van der Waals surface area contributed by atoms with Crippen LogP contribution >= 0.6 is 0 Å². The van der Waals surface area contributed by atoms with Gasteiger partial charge in [0.1, 0.15) is 11.6 Å². The first kappa shape index (κ1) is 20.5. The Kier molecular flexibility index (Phi) is 5.66. The van der Waals surface area contributed by atoms with E-state index >= 15 is 0 Å². The average Bonchev–Trinajstić information content (AvgIpc) is 3.27. The number of imidazole rings is 1. The summed E-state index contributed by atoms with van der Waals surface area (Å²) in [5.41, 5.74) is 5.16. The molecular weight excluding hydrogens is 393 g/mol. The molecular formula is C24H24FN5O. The summed E-state index contributed by atoms with van der Waals surface area (Å²) in [5, 5.41) is 7.49. The van der Waals surface area contributed by atoms with E-state index in [2.05, 4.69) is 20.0 Å². The number of carbonyl (C=O) groups is 1. The smallest absolute Gasteiger partial charge is 0.228 e. The van der Waals surface area contributed by atoms with Crippen LogP contribution in [0.3, 0.4) is 0 Å². The summed E-state index contributed by atoms with van der Waals surface area (Å²) >= 11 is 0. The molecule has 2 aromatic heterocycles. The Morgan fingerprint density at radius 3 is 2.39 bits per heavy atom. The van der Waals surface area contributed by atoms with Crippen LogP contribution in [0.4, 0.5) is 10.1 Å². The van der Waals surface area contributed by atoms with Crippen LogP contribution in [0.1, 0.15) is 28.3 Å². The SMILES string of the molecule is Cc1nn(-c2ccc(F)cc2)c(C)c1CC(=O)Nc1ccc(Cn2ccnc2C)cc1. The molecule has 2 heterocycles. The van der Waals surface area contributed by atoms with Gasteiger partial charge in [-0.1, -0.05) is 12.1 Å². The molecule has 1 N–H and O–H groups in total. The molecule has 0 radical (unpaired) electrons. The van der Waals surface area contributed by atoms with Crippen LogP contribution in [0.2, 0.25) is 0 Å². The first-order valence-electron chi connectivity index (χ1n) is 10.1. The lowest BCUT2D eigenvalue weighted by molar-refractivity contribution is -0.115. The molecule has 2 aromatic carbocycles. The Morgan fingerprint density at radius 2 is 1.74 bits per heavy atom. The van der Waals surface area contributed by atoms with Gasteiger partial charge < -0.3 is 9.88 Å². The topological polar surface area (TPSA) is 64.7 Å². The summed E-state index contributed by atoms with van der Waals surface area (Å²) in [6.07, 6.45) is 3.95. The molecule has 0 aliphatic carbocycles. The lowest BCUT2D eigenvalue weighted by Gasteiger charge is -2.09. The second-order valence-corrected chi connectivity index (χ2v) is 7.56. The van der Waals surface area contributed by atoms with Gasteiger partial charge in [-0.05, 0) is 62.7 Å². The van der Waals surface area contributed by atoms with Crippen LogP contribution in [-0.2, 0) is 17.8 Å². The Labute approximate surface area is 180 Å². The lowest BCUT2D eigenvalue weighted by Crippen LogP contribution is -2.15. The lowest BCUT2D eigenvalue weighted by atomic mass is 10.1. The van der Waals surface area contributed by atoms with Gasteiger partial charge in [0, 0.05) is 35.9 Å². The zero-order valence-electron chi connectivity index (χ0n) is 17.8. The Bertz CT molecular complexity index is 1210. The van der Waals surface area contributed by atoms with E-state index in [4.69, 9.17) is 0 Å². The minimum Gasteiger partial charge on any atom is -0.331 e. The maximum atomic E-state index is 13.2. The maximum Gasteiger partial charge on any atom is 0.228 e. The van der Waals surface area contributed by atoms with Crippen LogP contribution in [0.25, 0.3) is 5.69 Å². The fourth-order valence-electron chi connectivity index (χ4n) is 3.59. The largest absolute Gasteiger partial charge is 0.331 e. The van der Waals surface area contributed by atoms with Gasteiger partial charge in [-0.2, -0.15) is 5.10 Å². The maximum absolute atomic E-state index is 13.2. The van der Waals surface area contributed by atoms with Crippen molar-refractivity contribution in [1.82, 2.24) is 19.3 Å². The molecule has 0 fully saturated rings. The summed E-state index contributed by atoms with van der Waals surface area (Å²) in [6, 6.07) is 13.9. The minimum atomic E-state index is -0.295. The fraction of sp³-hybridized carbons (Fsp3) is 0.208. The third-order valence-corrected chi connectivity index (χ3v) is 5.36. The number of halogens is 1. The molecule has 0 aliphatic heterocycles. The van der Waals surface area contributed by atoms with Gasteiger partial charge in [-0.15, -0.1) is 0 Å². The van der Waals surface area contributed by atoms with E-state index in [-0.39, 0.29) is 18.1 Å². The third kappa shape index (κ3) is 4.55. The summed E-state index contributed by atoms with van der Waals surface area (Å²) in [6.45, 7) is 6.50. The van der Waals surface area contributed by atoms with Crippen molar-refractivity contribution >= 4 is 11.6 Å². The number of aromatic nitrogens is 4. The number of rotatable bonds is 6. The van der Waals surface area contributed by atoms with E-state index in [0.717, 1.165) is 46.3 Å². The van der Waals surface area contributed by atoms with Gasteiger partial charge in [-0.25, -0.2) is 14.1 Å². The molecule has 1 amide bonds. The van der Waals surface area contributed by atoms with Crippen molar-refractivity contribution in [2.24, 2.45) is 0 Å². The average molecular weight is 417 g/mol. The highest BCUT2D eigenvalue weighted by Crippen LogP contribution is 2.20. The van der Waals surface area contributed by atoms with E-state index in [1.54, 1.807) is 23.0 Å². The third-order valence-electron chi connectivity index (χ3n) is 5.36. The Morgan fingerprint density at radius 1 is 1.03 bits per heavy atom. The number of aryl methyl sites for hydroxylation is 2. The zero-order valence-corrected chi connectivity index (χ0v) is 17.8. The van der Waals surface area contributed by atoms with E-state index in [1.165, 1.54) is 12.1 Å². The summed E-state index contributed by atoms with van der Waals surface area (Å²) in [4.78, 5) is 16.9. The van der Waals surface area contributed by atoms with Crippen LogP contribution < -0.4 is 5.32 Å². The molecule has 0 atom stereocenters. The fourth-order valence-corrected chi connectivity index (χ4v) is 3.59. The molecule has 0 aliphatic rings. The quantitative estimate of drug-likeness (QED) is 0.507. The van der Waals surface area contributed by atoms with Crippen LogP contribution in [0, 0.1) is 26.6 Å². The van der Waals surface area contributed by atoms with Crippen molar-refractivity contribution in [2.45, 2.75) is 33.7 Å². The van der Waals surface area contributed by atoms with Crippen molar-refractivity contribution < 1.29 is 9.18 Å². The molecule has 7 heteroatoms. The van der Waals surface area contributed by atoms with Gasteiger partial charge >= 0.3 is 0 Å². The molecule has 0 spiro atoms. The van der Waals surface area contributed by atoms with Gasteiger partial charge in [0.2, 0.25) is 5.91 Å². The van der Waals surface area contributed by atoms with Gasteiger partial charge in [-0.3, -0.25) is 4.79 Å². The number of hydrogen-bond donors (Lipinski definition) is 1. The van der Waals surface area contributed by atoms with E-state index in [1.807, 2.05) is 51.2 Å².